The maximum Gasteiger partial charge on any atom is 0.460 e. The Hall–Kier alpha value is -2.00. The zero-order valence-corrected chi connectivity index (χ0v) is 9.93. The number of carboxylic acid groups (broad SMARTS) is 1. The molecule has 1 N–H and O–H groups in total. The fourth-order valence-corrected chi connectivity index (χ4v) is 1.24. The van der Waals surface area contributed by atoms with Crippen LogP contribution in [-0.4, -0.2) is 35.7 Å². The first-order chi connectivity index (χ1) is 9.40. The molecule has 0 atom stereocenters. The summed E-state index contributed by atoms with van der Waals surface area (Å²) >= 11 is 0. The Morgan fingerprint density at radius 3 is 2.05 bits per heavy atom. The molecule has 1 aromatic carbocycles. The molecule has 0 aliphatic rings. The van der Waals surface area contributed by atoms with Gasteiger partial charge in [-0.05, 0) is 12.1 Å². The van der Waals surface area contributed by atoms with E-state index in [2.05, 4.69) is 4.74 Å². The van der Waals surface area contributed by atoms with Crippen molar-refractivity contribution in [1.29, 1.82) is 0 Å². The molecule has 0 aromatic heterocycles. The highest BCUT2D eigenvalue weighted by atomic mass is 19.4. The summed E-state index contributed by atoms with van der Waals surface area (Å²) in [7, 11) is 0. The van der Waals surface area contributed by atoms with Crippen LogP contribution < -0.4 is 4.74 Å². The average molecular weight is 320 g/mol. The maximum absolute atomic E-state index is 13.0. The number of alkyl halides is 7. The fourth-order valence-electron chi connectivity index (χ4n) is 1.24. The van der Waals surface area contributed by atoms with E-state index in [1.54, 1.807) is 0 Å². The summed E-state index contributed by atoms with van der Waals surface area (Å²) in [4.78, 5) is 10.7. The van der Waals surface area contributed by atoms with E-state index < -0.39 is 41.9 Å². The van der Waals surface area contributed by atoms with Gasteiger partial charge < -0.3 is 9.84 Å². The Balaban J connectivity index is 2.96. The first-order valence-electron chi connectivity index (χ1n) is 5.17. The third-order valence-electron chi connectivity index (χ3n) is 2.34. The number of hydrogen-bond donors (Lipinski definition) is 1. The molecule has 0 radical (unpaired) electrons. The molecule has 1 aromatic rings. The summed E-state index contributed by atoms with van der Waals surface area (Å²) in [5.74, 6) is -14.2. The van der Waals surface area contributed by atoms with Crippen LogP contribution in [0.25, 0.3) is 0 Å². The molecule has 0 spiro atoms. The van der Waals surface area contributed by atoms with Gasteiger partial charge in [0.05, 0.1) is 0 Å². The van der Waals surface area contributed by atoms with Crippen LogP contribution in [0, 0.1) is 0 Å². The number of rotatable bonds is 5. The molecule has 0 heterocycles. The van der Waals surface area contributed by atoms with Crippen LogP contribution in [-0.2, 0) is 0 Å². The predicted octanol–water partition coefficient (Wildman–Crippen LogP) is 3.60. The molecule has 3 nitrogen and oxygen atoms in total. The van der Waals surface area contributed by atoms with Crippen molar-refractivity contribution in [2.75, 3.05) is 6.61 Å². The van der Waals surface area contributed by atoms with Gasteiger partial charge in [-0.2, -0.15) is 30.7 Å². The first-order valence-corrected chi connectivity index (χ1v) is 5.17. The Morgan fingerprint density at radius 1 is 1.05 bits per heavy atom. The van der Waals surface area contributed by atoms with Crippen LogP contribution in [0.15, 0.2) is 24.3 Å². The standard InChI is InChI=1S/C11H7F7O3/c12-9(13,10(14,15)11(16,17)18)5-21-7-4-2-1-3-6(7)8(19)20/h1-4H,5H2,(H,19,20). The van der Waals surface area contributed by atoms with Gasteiger partial charge in [0.2, 0.25) is 0 Å². The largest absolute Gasteiger partial charge is 0.486 e. The van der Waals surface area contributed by atoms with Gasteiger partial charge in [-0.25, -0.2) is 4.79 Å². The van der Waals surface area contributed by atoms with Crippen molar-refractivity contribution in [1.82, 2.24) is 0 Å². The summed E-state index contributed by atoms with van der Waals surface area (Å²) in [6, 6.07) is 4.10. The number of benzene rings is 1. The lowest BCUT2D eigenvalue weighted by atomic mass is 10.1. The molecule has 118 valence electrons. The Morgan fingerprint density at radius 2 is 1.57 bits per heavy atom. The lowest BCUT2D eigenvalue weighted by molar-refractivity contribution is -0.358. The van der Waals surface area contributed by atoms with Gasteiger partial charge in [0, 0.05) is 0 Å². The molecule has 0 bridgehead atoms. The molecule has 0 fully saturated rings. The van der Waals surface area contributed by atoms with E-state index in [9.17, 15) is 35.5 Å². The van der Waals surface area contributed by atoms with Crippen LogP contribution in [0.1, 0.15) is 10.4 Å². The van der Waals surface area contributed by atoms with Crippen LogP contribution in [0.5, 0.6) is 5.75 Å². The molecule has 0 amide bonds. The SMILES string of the molecule is O=C(O)c1ccccc1OCC(F)(F)C(F)(F)C(F)(F)F. The van der Waals surface area contributed by atoms with Crippen molar-refractivity contribution >= 4 is 5.97 Å². The van der Waals surface area contributed by atoms with Crippen molar-refractivity contribution in [2.24, 2.45) is 0 Å². The van der Waals surface area contributed by atoms with Crippen molar-refractivity contribution in [3.63, 3.8) is 0 Å². The number of para-hydroxylation sites is 1. The lowest BCUT2D eigenvalue weighted by Gasteiger charge is -2.28. The number of halogens is 7. The highest BCUT2D eigenvalue weighted by Crippen LogP contribution is 2.46. The third kappa shape index (κ3) is 3.37. The third-order valence-corrected chi connectivity index (χ3v) is 2.34. The summed E-state index contributed by atoms with van der Waals surface area (Å²) in [6.07, 6.45) is -6.47. The van der Waals surface area contributed by atoms with Crippen molar-refractivity contribution in [3.05, 3.63) is 29.8 Å². The second kappa shape index (κ2) is 5.41. The van der Waals surface area contributed by atoms with Crippen molar-refractivity contribution in [3.8, 4) is 5.75 Å². The van der Waals surface area contributed by atoms with E-state index >= 15 is 0 Å². The van der Waals surface area contributed by atoms with E-state index in [1.807, 2.05) is 0 Å². The highest BCUT2D eigenvalue weighted by molar-refractivity contribution is 5.90. The Bertz CT molecular complexity index is 525. The lowest BCUT2D eigenvalue weighted by Crippen LogP contribution is -2.54. The van der Waals surface area contributed by atoms with Gasteiger partial charge >= 0.3 is 24.0 Å². The number of ether oxygens (including phenoxy) is 1. The van der Waals surface area contributed by atoms with Crippen LogP contribution in [0.4, 0.5) is 30.7 Å². The minimum Gasteiger partial charge on any atom is -0.486 e. The molecule has 0 saturated heterocycles. The second-order valence-corrected chi connectivity index (χ2v) is 3.87. The molecule has 0 unspecified atom stereocenters. The number of aromatic carboxylic acids is 1. The van der Waals surface area contributed by atoms with E-state index in [4.69, 9.17) is 5.11 Å². The van der Waals surface area contributed by atoms with E-state index in [0.29, 0.717) is 0 Å². The van der Waals surface area contributed by atoms with E-state index in [1.165, 1.54) is 6.07 Å². The summed E-state index contributed by atoms with van der Waals surface area (Å²) in [5.41, 5.74) is -0.649. The topological polar surface area (TPSA) is 46.5 Å². The van der Waals surface area contributed by atoms with Crippen LogP contribution in [0.3, 0.4) is 0 Å². The van der Waals surface area contributed by atoms with Crippen LogP contribution >= 0.6 is 0 Å². The number of carboxylic acids is 1. The summed E-state index contributed by atoms with van der Waals surface area (Å²) in [6.45, 7) is -2.33. The molecule has 0 saturated carbocycles. The highest BCUT2D eigenvalue weighted by Gasteiger charge is 2.73. The van der Waals surface area contributed by atoms with E-state index in [0.717, 1.165) is 18.2 Å². The van der Waals surface area contributed by atoms with Crippen LogP contribution in [0.2, 0.25) is 0 Å². The average Bonchev–Trinajstić information content (AvgIpc) is 2.35. The molecular weight excluding hydrogens is 313 g/mol. The molecule has 0 aliphatic heterocycles. The second-order valence-electron chi connectivity index (χ2n) is 3.87. The number of carbonyl (C=O) groups is 1. The zero-order valence-electron chi connectivity index (χ0n) is 9.93. The molecular formula is C11H7F7O3. The number of hydrogen-bond acceptors (Lipinski definition) is 2. The summed E-state index contributed by atoms with van der Waals surface area (Å²) in [5, 5.41) is 8.69. The Labute approximate surface area is 112 Å². The Kier molecular flexibility index (Phi) is 4.40. The minimum atomic E-state index is -6.47. The normalized spacial score (nSPS) is 13.1. The fraction of sp³-hybridized carbons (Fsp3) is 0.364. The van der Waals surface area contributed by atoms with Gasteiger partial charge in [-0.15, -0.1) is 0 Å². The van der Waals surface area contributed by atoms with Gasteiger partial charge in [-0.3, -0.25) is 0 Å². The zero-order chi connectivity index (χ0) is 16.5. The maximum atomic E-state index is 13.0. The quantitative estimate of drug-likeness (QED) is 0.843. The van der Waals surface area contributed by atoms with Crippen molar-refractivity contribution in [2.45, 2.75) is 18.0 Å². The smallest absolute Gasteiger partial charge is 0.460 e. The first kappa shape index (κ1) is 17.1. The minimum absolute atomic E-state index is 0.649. The predicted molar refractivity (Wildman–Crippen MR) is 54.8 cm³/mol. The molecule has 0 aliphatic carbocycles. The monoisotopic (exact) mass is 320 g/mol. The van der Waals surface area contributed by atoms with Crippen molar-refractivity contribution < 1.29 is 45.4 Å². The summed E-state index contributed by atoms with van der Waals surface area (Å²) < 4.78 is 90.9. The van der Waals surface area contributed by atoms with Gasteiger partial charge in [0.25, 0.3) is 0 Å². The van der Waals surface area contributed by atoms with Gasteiger partial charge in [-0.1, -0.05) is 12.1 Å². The van der Waals surface area contributed by atoms with Gasteiger partial charge in [0.1, 0.15) is 11.3 Å². The molecule has 21 heavy (non-hydrogen) atoms. The molecule has 1 rings (SSSR count). The van der Waals surface area contributed by atoms with E-state index in [-0.39, 0.29) is 0 Å². The van der Waals surface area contributed by atoms with Gasteiger partial charge in [0.15, 0.2) is 6.61 Å². The molecule has 10 heteroatoms.